The van der Waals surface area contributed by atoms with E-state index in [4.69, 9.17) is 10.7 Å². The fraction of sp³-hybridized carbons (Fsp3) is 0.261. The first kappa shape index (κ1) is 18.9. The van der Waals surface area contributed by atoms with Crippen LogP contribution in [0.3, 0.4) is 0 Å². The fourth-order valence-corrected chi connectivity index (χ4v) is 4.00. The van der Waals surface area contributed by atoms with Gasteiger partial charge < -0.3 is 15.9 Å². The molecular formula is C23H23N5O2. The Morgan fingerprint density at radius 1 is 1.07 bits per heavy atom. The lowest BCUT2D eigenvalue weighted by atomic mass is 9.76. The van der Waals surface area contributed by atoms with Crippen LogP contribution < -0.4 is 5.73 Å². The van der Waals surface area contributed by atoms with Crippen molar-refractivity contribution >= 4 is 10.9 Å². The smallest absolute Gasteiger partial charge is 0.154 e. The number of fused-ring (bicyclic) bond motifs is 1. The molecule has 5 rings (SSSR count). The number of rotatable bonds is 5. The predicted octanol–water partition coefficient (Wildman–Crippen LogP) is 2.75. The number of pyridine rings is 2. The minimum absolute atomic E-state index is 0.118. The third-order valence-electron chi connectivity index (χ3n) is 5.81. The van der Waals surface area contributed by atoms with Gasteiger partial charge in [-0.05, 0) is 49.1 Å². The molecule has 7 nitrogen and oxygen atoms in total. The van der Waals surface area contributed by atoms with E-state index in [1.54, 1.807) is 16.9 Å². The summed E-state index contributed by atoms with van der Waals surface area (Å²) in [5, 5.41) is 24.4. The minimum Gasteiger partial charge on any atom is -0.393 e. The zero-order valence-electron chi connectivity index (χ0n) is 16.4. The molecule has 4 aromatic rings. The van der Waals surface area contributed by atoms with Gasteiger partial charge in [0.05, 0.1) is 47.5 Å². The van der Waals surface area contributed by atoms with Crippen LogP contribution in [0.15, 0.2) is 60.8 Å². The van der Waals surface area contributed by atoms with Gasteiger partial charge in [-0.1, -0.05) is 24.3 Å². The largest absolute Gasteiger partial charge is 0.393 e. The second-order valence-electron chi connectivity index (χ2n) is 7.83. The van der Waals surface area contributed by atoms with Crippen molar-refractivity contribution in [2.45, 2.75) is 31.6 Å². The zero-order chi connectivity index (χ0) is 20.7. The van der Waals surface area contributed by atoms with Crippen molar-refractivity contribution in [2.24, 2.45) is 11.7 Å². The number of hydrogen-bond donors (Lipinski definition) is 3. The Labute approximate surface area is 173 Å². The van der Waals surface area contributed by atoms with E-state index in [1.165, 1.54) is 0 Å². The molecule has 0 bridgehead atoms. The number of aliphatic hydroxyl groups excluding tert-OH is 2. The maximum Gasteiger partial charge on any atom is 0.154 e. The molecule has 3 heterocycles. The monoisotopic (exact) mass is 401 g/mol. The molecule has 152 valence electrons. The molecule has 1 saturated carbocycles. The molecule has 0 aliphatic heterocycles. The van der Waals surface area contributed by atoms with Crippen molar-refractivity contribution in [3.63, 3.8) is 0 Å². The minimum atomic E-state index is -0.232. The molecule has 1 fully saturated rings. The highest BCUT2D eigenvalue weighted by molar-refractivity contribution is 5.84. The molecule has 1 aliphatic carbocycles. The Morgan fingerprint density at radius 3 is 2.70 bits per heavy atom. The van der Waals surface area contributed by atoms with Crippen molar-refractivity contribution in [1.29, 1.82) is 0 Å². The van der Waals surface area contributed by atoms with Crippen LogP contribution in [0.4, 0.5) is 0 Å². The van der Waals surface area contributed by atoms with E-state index in [1.807, 2.05) is 48.5 Å². The molecule has 3 aromatic heterocycles. The SMILES string of the molecule is NC(c1cccc(-c2ccc3cnn(-c4cccc(CO)n4)c3c2)n1)[C@H]1C[C@@H](O)C1. The second-order valence-corrected chi connectivity index (χ2v) is 7.83. The molecule has 1 atom stereocenters. The quantitative estimate of drug-likeness (QED) is 0.474. The summed E-state index contributed by atoms with van der Waals surface area (Å²) in [6.07, 6.45) is 3.04. The summed E-state index contributed by atoms with van der Waals surface area (Å²) in [4.78, 5) is 9.27. The van der Waals surface area contributed by atoms with E-state index in [2.05, 4.69) is 10.1 Å². The van der Waals surface area contributed by atoms with Gasteiger partial charge in [-0.25, -0.2) is 9.67 Å². The van der Waals surface area contributed by atoms with Crippen LogP contribution in [-0.2, 0) is 6.61 Å². The maximum absolute atomic E-state index is 9.58. The molecule has 1 aromatic carbocycles. The Morgan fingerprint density at radius 2 is 1.90 bits per heavy atom. The summed E-state index contributed by atoms with van der Waals surface area (Å²) in [6, 6.07) is 17.3. The number of aromatic nitrogens is 4. The van der Waals surface area contributed by atoms with E-state index in [9.17, 15) is 10.2 Å². The van der Waals surface area contributed by atoms with Crippen LogP contribution in [0.2, 0.25) is 0 Å². The van der Waals surface area contributed by atoms with Crippen LogP contribution in [0.25, 0.3) is 28.0 Å². The van der Waals surface area contributed by atoms with Gasteiger partial charge in [-0.2, -0.15) is 5.10 Å². The number of aliphatic hydroxyl groups is 2. The Bertz CT molecular complexity index is 1200. The highest BCUT2D eigenvalue weighted by Gasteiger charge is 2.33. The first-order valence-corrected chi connectivity index (χ1v) is 10.1. The zero-order valence-corrected chi connectivity index (χ0v) is 16.4. The van der Waals surface area contributed by atoms with Crippen molar-refractivity contribution in [3.8, 4) is 17.1 Å². The summed E-state index contributed by atoms with van der Waals surface area (Å²) in [7, 11) is 0. The fourth-order valence-electron chi connectivity index (χ4n) is 4.00. The van der Waals surface area contributed by atoms with E-state index in [0.29, 0.717) is 11.5 Å². The Kier molecular flexibility index (Phi) is 4.78. The first-order valence-electron chi connectivity index (χ1n) is 10.1. The van der Waals surface area contributed by atoms with Crippen LogP contribution in [0.1, 0.15) is 30.3 Å². The molecule has 0 spiro atoms. The van der Waals surface area contributed by atoms with Gasteiger partial charge >= 0.3 is 0 Å². The van der Waals surface area contributed by atoms with Crippen LogP contribution in [-0.4, -0.2) is 36.1 Å². The van der Waals surface area contributed by atoms with Gasteiger partial charge in [-0.15, -0.1) is 0 Å². The van der Waals surface area contributed by atoms with Crippen molar-refractivity contribution in [1.82, 2.24) is 19.7 Å². The van der Waals surface area contributed by atoms with Gasteiger partial charge in [0.1, 0.15) is 0 Å². The lowest BCUT2D eigenvalue weighted by Gasteiger charge is -2.35. The molecule has 0 radical (unpaired) electrons. The predicted molar refractivity (Wildman–Crippen MR) is 114 cm³/mol. The number of hydrogen-bond acceptors (Lipinski definition) is 6. The first-order chi connectivity index (χ1) is 14.6. The average Bonchev–Trinajstić information content (AvgIpc) is 3.20. The highest BCUT2D eigenvalue weighted by atomic mass is 16.3. The van der Waals surface area contributed by atoms with E-state index in [-0.39, 0.29) is 24.7 Å². The van der Waals surface area contributed by atoms with E-state index >= 15 is 0 Å². The van der Waals surface area contributed by atoms with Gasteiger partial charge in [0.25, 0.3) is 0 Å². The molecule has 1 unspecified atom stereocenters. The maximum atomic E-state index is 9.58. The van der Waals surface area contributed by atoms with Gasteiger partial charge in [0.15, 0.2) is 5.82 Å². The van der Waals surface area contributed by atoms with E-state index in [0.717, 1.165) is 40.7 Å². The normalized spacial score (nSPS) is 19.6. The summed E-state index contributed by atoms with van der Waals surface area (Å²) < 4.78 is 1.77. The summed E-state index contributed by atoms with van der Waals surface area (Å²) in [6.45, 7) is -0.118. The summed E-state index contributed by atoms with van der Waals surface area (Å²) >= 11 is 0. The molecule has 1 aliphatic rings. The Balaban J connectivity index is 1.52. The number of nitrogens with two attached hydrogens (primary N) is 1. The van der Waals surface area contributed by atoms with Crippen molar-refractivity contribution in [2.75, 3.05) is 0 Å². The number of nitrogens with zero attached hydrogens (tertiary/aromatic N) is 4. The van der Waals surface area contributed by atoms with Gasteiger partial charge in [0, 0.05) is 10.9 Å². The average molecular weight is 401 g/mol. The summed E-state index contributed by atoms with van der Waals surface area (Å²) in [5.74, 6) is 0.928. The molecule has 4 N–H and O–H groups in total. The molecule has 0 saturated heterocycles. The van der Waals surface area contributed by atoms with Crippen LogP contribution >= 0.6 is 0 Å². The van der Waals surface area contributed by atoms with Crippen LogP contribution in [0.5, 0.6) is 0 Å². The van der Waals surface area contributed by atoms with Crippen LogP contribution in [0, 0.1) is 5.92 Å². The second kappa shape index (κ2) is 7.60. The van der Waals surface area contributed by atoms with E-state index < -0.39 is 0 Å². The standard InChI is InChI=1S/C23H23N5O2/c24-23(16-9-18(30)10-16)20-5-2-4-19(27-20)14-7-8-15-12-25-28(21(15)11-14)22-6-1-3-17(13-29)26-22/h1-8,11-12,16,18,23,29-30H,9-10,13,24H2/t16-,18+,23?. The Hall–Kier alpha value is -3.13. The molecule has 7 heteroatoms. The number of benzene rings is 1. The lowest BCUT2D eigenvalue weighted by molar-refractivity contribution is 0.0302. The molecule has 0 amide bonds. The molecular weight excluding hydrogens is 378 g/mol. The highest BCUT2D eigenvalue weighted by Crippen LogP contribution is 2.36. The van der Waals surface area contributed by atoms with Gasteiger partial charge in [-0.3, -0.25) is 4.98 Å². The third kappa shape index (κ3) is 3.37. The topological polar surface area (TPSA) is 110 Å². The van der Waals surface area contributed by atoms with Crippen molar-refractivity contribution in [3.05, 3.63) is 72.2 Å². The summed E-state index contributed by atoms with van der Waals surface area (Å²) in [5.41, 5.74) is 10.5. The van der Waals surface area contributed by atoms with Crippen molar-refractivity contribution < 1.29 is 10.2 Å². The van der Waals surface area contributed by atoms with Gasteiger partial charge in [0.2, 0.25) is 0 Å². The third-order valence-corrected chi connectivity index (χ3v) is 5.81. The molecule has 30 heavy (non-hydrogen) atoms. The lowest BCUT2D eigenvalue weighted by Crippen LogP contribution is -2.36.